The maximum absolute atomic E-state index is 12.4. The van der Waals surface area contributed by atoms with E-state index in [-0.39, 0.29) is 23.4 Å². The van der Waals surface area contributed by atoms with Crippen molar-refractivity contribution in [1.29, 1.82) is 0 Å². The number of ether oxygens (including phenoxy) is 2. The third-order valence-electron chi connectivity index (χ3n) is 2.43. The average Bonchev–Trinajstić information content (AvgIpc) is 2.38. The average molecular weight is 309 g/mol. The molecule has 0 saturated carbocycles. The third kappa shape index (κ3) is 4.50. The number of rotatable bonds is 5. The lowest BCUT2D eigenvalue weighted by molar-refractivity contribution is -0.275. The Labute approximate surface area is 117 Å². The fourth-order valence-corrected chi connectivity index (χ4v) is 1.57. The molecule has 0 amide bonds. The van der Waals surface area contributed by atoms with Crippen LogP contribution in [0.3, 0.4) is 0 Å². The first-order valence-corrected chi connectivity index (χ1v) is 5.84. The van der Waals surface area contributed by atoms with Crippen LogP contribution in [0.2, 0.25) is 0 Å². The van der Waals surface area contributed by atoms with E-state index in [2.05, 4.69) is 9.47 Å². The molecule has 0 heterocycles. The summed E-state index contributed by atoms with van der Waals surface area (Å²) >= 11 is 0. The van der Waals surface area contributed by atoms with Crippen molar-refractivity contribution in [3.05, 3.63) is 23.3 Å². The number of nitrogen functional groups attached to an aromatic ring is 1. The minimum absolute atomic E-state index is 0.00868. The van der Waals surface area contributed by atoms with Crippen LogP contribution in [0.1, 0.15) is 28.9 Å². The SMILES string of the molecule is CCOC(=O)c1cc(OC(F)(F)F)c([C@H](O)CO)cc1N. The van der Waals surface area contributed by atoms with Gasteiger partial charge in [0.15, 0.2) is 0 Å². The van der Waals surface area contributed by atoms with Crippen LogP contribution in [0.25, 0.3) is 0 Å². The first-order chi connectivity index (χ1) is 9.69. The smallest absolute Gasteiger partial charge is 0.462 e. The van der Waals surface area contributed by atoms with E-state index in [1.807, 2.05) is 0 Å². The van der Waals surface area contributed by atoms with Crippen LogP contribution in [0.5, 0.6) is 5.75 Å². The lowest BCUT2D eigenvalue weighted by Crippen LogP contribution is -2.20. The summed E-state index contributed by atoms with van der Waals surface area (Å²) in [5.74, 6) is -1.76. The number of nitrogens with two attached hydrogens (primary N) is 1. The summed E-state index contributed by atoms with van der Waals surface area (Å²) in [6, 6.07) is 1.64. The van der Waals surface area contributed by atoms with E-state index in [1.54, 1.807) is 0 Å². The molecule has 0 fully saturated rings. The van der Waals surface area contributed by atoms with Gasteiger partial charge in [0.05, 0.1) is 18.8 Å². The monoisotopic (exact) mass is 309 g/mol. The van der Waals surface area contributed by atoms with Crippen LogP contribution in [-0.2, 0) is 4.74 Å². The van der Waals surface area contributed by atoms with E-state index >= 15 is 0 Å². The van der Waals surface area contributed by atoms with Gasteiger partial charge in [-0.2, -0.15) is 0 Å². The number of halogens is 3. The highest BCUT2D eigenvalue weighted by Crippen LogP contribution is 2.34. The van der Waals surface area contributed by atoms with Gasteiger partial charge in [-0.05, 0) is 19.1 Å². The highest BCUT2D eigenvalue weighted by molar-refractivity contribution is 5.95. The van der Waals surface area contributed by atoms with Gasteiger partial charge in [-0.1, -0.05) is 0 Å². The molecule has 4 N–H and O–H groups in total. The van der Waals surface area contributed by atoms with Crippen LogP contribution in [-0.4, -0.2) is 35.8 Å². The van der Waals surface area contributed by atoms with Crippen LogP contribution < -0.4 is 10.5 Å². The predicted octanol–water partition coefficient (Wildman–Crippen LogP) is 1.37. The Morgan fingerprint density at radius 3 is 2.52 bits per heavy atom. The summed E-state index contributed by atoms with van der Waals surface area (Å²) in [6.07, 6.45) is -6.67. The molecule has 6 nitrogen and oxygen atoms in total. The molecule has 0 aliphatic carbocycles. The van der Waals surface area contributed by atoms with Crippen molar-refractivity contribution in [2.75, 3.05) is 18.9 Å². The lowest BCUT2D eigenvalue weighted by atomic mass is 10.0. The van der Waals surface area contributed by atoms with Crippen molar-refractivity contribution < 1.29 is 37.7 Å². The molecule has 1 atom stereocenters. The minimum Gasteiger partial charge on any atom is -0.462 e. The van der Waals surface area contributed by atoms with Gasteiger partial charge in [0.2, 0.25) is 0 Å². The number of aliphatic hydroxyl groups is 2. The molecule has 1 rings (SSSR count). The molecule has 0 aliphatic rings. The highest BCUT2D eigenvalue weighted by atomic mass is 19.4. The molecule has 0 aromatic heterocycles. The van der Waals surface area contributed by atoms with Crippen molar-refractivity contribution in [1.82, 2.24) is 0 Å². The summed E-state index contributed by atoms with van der Waals surface area (Å²) in [4.78, 5) is 11.6. The number of hydrogen-bond acceptors (Lipinski definition) is 6. The van der Waals surface area contributed by atoms with Gasteiger partial charge >= 0.3 is 12.3 Å². The number of hydrogen-bond donors (Lipinski definition) is 3. The molecule has 1 aromatic rings. The number of aliphatic hydroxyl groups excluding tert-OH is 2. The molecular formula is C12H14F3NO5. The molecule has 0 bridgehead atoms. The van der Waals surface area contributed by atoms with E-state index in [9.17, 15) is 23.1 Å². The normalized spacial score (nSPS) is 12.9. The summed E-state index contributed by atoms with van der Waals surface area (Å²) in [5.41, 5.74) is 4.63. The van der Waals surface area contributed by atoms with Gasteiger partial charge in [0, 0.05) is 11.3 Å². The topological polar surface area (TPSA) is 102 Å². The molecule has 118 valence electrons. The second-order valence-corrected chi connectivity index (χ2v) is 3.94. The fraction of sp³-hybridized carbons (Fsp3) is 0.417. The van der Waals surface area contributed by atoms with Crippen molar-refractivity contribution in [3.8, 4) is 5.75 Å². The zero-order valence-electron chi connectivity index (χ0n) is 11.0. The Kier molecular flexibility index (Phi) is 5.39. The van der Waals surface area contributed by atoms with Crippen LogP contribution in [0.15, 0.2) is 12.1 Å². The zero-order chi connectivity index (χ0) is 16.2. The highest BCUT2D eigenvalue weighted by Gasteiger charge is 2.33. The zero-order valence-corrected chi connectivity index (χ0v) is 11.0. The summed E-state index contributed by atoms with van der Waals surface area (Å²) < 4.78 is 45.5. The lowest BCUT2D eigenvalue weighted by Gasteiger charge is -2.18. The molecule has 0 unspecified atom stereocenters. The number of alkyl halides is 3. The summed E-state index contributed by atoms with van der Waals surface area (Å²) in [5, 5.41) is 18.3. The summed E-state index contributed by atoms with van der Waals surface area (Å²) in [7, 11) is 0. The number of carbonyl (C=O) groups excluding carboxylic acids is 1. The Balaban J connectivity index is 3.33. The molecular weight excluding hydrogens is 295 g/mol. The Morgan fingerprint density at radius 1 is 1.43 bits per heavy atom. The van der Waals surface area contributed by atoms with Gasteiger partial charge in [-0.15, -0.1) is 13.2 Å². The maximum Gasteiger partial charge on any atom is 0.573 e. The van der Waals surface area contributed by atoms with Crippen molar-refractivity contribution >= 4 is 11.7 Å². The maximum atomic E-state index is 12.4. The number of anilines is 1. The Morgan fingerprint density at radius 2 is 2.05 bits per heavy atom. The quantitative estimate of drug-likeness (QED) is 0.561. The number of carbonyl (C=O) groups is 1. The van der Waals surface area contributed by atoms with Crippen molar-refractivity contribution in [3.63, 3.8) is 0 Å². The second kappa shape index (κ2) is 6.64. The number of benzene rings is 1. The molecule has 0 aliphatic heterocycles. The van der Waals surface area contributed by atoms with E-state index < -0.39 is 30.8 Å². The largest absolute Gasteiger partial charge is 0.573 e. The van der Waals surface area contributed by atoms with Crippen molar-refractivity contribution in [2.24, 2.45) is 0 Å². The second-order valence-electron chi connectivity index (χ2n) is 3.94. The van der Waals surface area contributed by atoms with E-state index in [4.69, 9.17) is 10.8 Å². The van der Waals surface area contributed by atoms with Crippen LogP contribution >= 0.6 is 0 Å². The van der Waals surface area contributed by atoms with E-state index in [1.165, 1.54) is 6.92 Å². The minimum atomic E-state index is -5.04. The molecule has 1 aromatic carbocycles. The standard InChI is InChI=1S/C12H14F3NO5/c1-2-20-11(19)6-4-10(21-12(13,14)15)7(3-8(6)16)9(18)5-17/h3-4,9,17-18H,2,5,16H2,1H3/t9-/m1/s1. The predicted molar refractivity (Wildman–Crippen MR) is 65.5 cm³/mol. The third-order valence-corrected chi connectivity index (χ3v) is 2.43. The van der Waals surface area contributed by atoms with Gasteiger partial charge < -0.3 is 25.4 Å². The Hall–Kier alpha value is -2.00. The van der Waals surface area contributed by atoms with Gasteiger partial charge in [0.1, 0.15) is 11.9 Å². The van der Waals surface area contributed by atoms with Gasteiger partial charge in [-0.3, -0.25) is 0 Å². The molecule has 0 radical (unpaired) electrons. The molecule has 0 spiro atoms. The molecule has 0 saturated heterocycles. The van der Waals surface area contributed by atoms with Gasteiger partial charge in [-0.25, -0.2) is 4.79 Å². The Bertz CT molecular complexity index is 518. The fourth-order valence-electron chi connectivity index (χ4n) is 1.57. The first-order valence-electron chi connectivity index (χ1n) is 5.84. The molecule has 9 heteroatoms. The first kappa shape index (κ1) is 17.1. The van der Waals surface area contributed by atoms with Crippen molar-refractivity contribution in [2.45, 2.75) is 19.4 Å². The van der Waals surface area contributed by atoms with E-state index in [0.29, 0.717) is 0 Å². The number of esters is 1. The van der Waals surface area contributed by atoms with Gasteiger partial charge in [0.25, 0.3) is 0 Å². The summed E-state index contributed by atoms with van der Waals surface area (Å²) in [6.45, 7) is 0.687. The van der Waals surface area contributed by atoms with E-state index in [0.717, 1.165) is 12.1 Å². The van der Waals surface area contributed by atoms with Crippen LogP contribution in [0, 0.1) is 0 Å². The van der Waals surface area contributed by atoms with Crippen LogP contribution in [0.4, 0.5) is 18.9 Å². The molecule has 21 heavy (non-hydrogen) atoms.